The summed E-state index contributed by atoms with van der Waals surface area (Å²) in [6, 6.07) is 3.16. The molecular weight excluding hydrogens is 729 g/mol. The Kier molecular flexibility index (Phi) is 10.3. The van der Waals surface area contributed by atoms with E-state index in [2.05, 4.69) is 21.9 Å². The van der Waals surface area contributed by atoms with Gasteiger partial charge in [0, 0.05) is 17.9 Å². The number of aryl methyl sites for hydroxylation is 1. The van der Waals surface area contributed by atoms with Crippen LogP contribution in [0.25, 0.3) is 11.0 Å². The topological polar surface area (TPSA) is 195 Å². The molecule has 7 rings (SSSR count). The number of carbonyl (C=O) groups excluding carboxylic acids is 4. The maximum absolute atomic E-state index is 14.7. The third kappa shape index (κ3) is 7.96. The molecule has 1 unspecified atom stereocenters. The van der Waals surface area contributed by atoms with Gasteiger partial charge in [-0.25, -0.2) is 23.2 Å². The molecule has 15 nitrogen and oxygen atoms in total. The SMILES string of the molecule is C=C[C@@H]1C[C@]1(NC(=O)[C@@H]1[C@H](C)[C@@H]2CN1C(=O)[C@H](C(C)(C)C)NC(=O)O[C@@H]1CC1CCCCCc1nc3ccc(OC)cc3nc1O2)C(=O)NS(=O)(=O)C1CC1. The van der Waals surface area contributed by atoms with Crippen LogP contribution in [0.15, 0.2) is 30.9 Å². The lowest BCUT2D eigenvalue weighted by atomic mass is 9.85. The highest BCUT2D eigenvalue weighted by atomic mass is 32.2. The first kappa shape index (κ1) is 38.8. The number of hydrogen-bond donors (Lipinski definition) is 3. The van der Waals surface area contributed by atoms with Gasteiger partial charge >= 0.3 is 6.09 Å². The normalized spacial score (nSPS) is 31.3. The predicted octanol–water partition coefficient (Wildman–Crippen LogP) is 3.55. The molecule has 1 aromatic heterocycles. The van der Waals surface area contributed by atoms with Gasteiger partial charge in [0.2, 0.25) is 27.7 Å². The van der Waals surface area contributed by atoms with E-state index in [0.29, 0.717) is 47.6 Å². The molecule has 1 aromatic carbocycles. The average molecular weight is 781 g/mol. The number of benzene rings is 1. The van der Waals surface area contributed by atoms with Crippen molar-refractivity contribution in [3.8, 4) is 11.6 Å². The predicted molar refractivity (Wildman–Crippen MR) is 201 cm³/mol. The van der Waals surface area contributed by atoms with Crippen molar-refractivity contribution in [3.05, 3.63) is 36.5 Å². The molecule has 5 aliphatic rings. The number of methoxy groups -OCH3 is 1. The average Bonchev–Trinajstić information content (AvgIpc) is 4.04. The molecule has 0 radical (unpaired) electrons. The minimum absolute atomic E-state index is 0.0521. The Hall–Kier alpha value is -4.47. The first-order valence-corrected chi connectivity index (χ1v) is 20.9. The van der Waals surface area contributed by atoms with Gasteiger partial charge in [0.1, 0.15) is 41.3 Å². The van der Waals surface area contributed by atoms with Gasteiger partial charge in [0.25, 0.3) is 5.91 Å². The van der Waals surface area contributed by atoms with Gasteiger partial charge in [-0.2, -0.15) is 0 Å². The van der Waals surface area contributed by atoms with Gasteiger partial charge in [0.05, 0.1) is 29.9 Å². The van der Waals surface area contributed by atoms with Gasteiger partial charge in [-0.15, -0.1) is 6.58 Å². The fourth-order valence-corrected chi connectivity index (χ4v) is 9.32. The lowest BCUT2D eigenvalue weighted by molar-refractivity contribution is -0.143. The number of nitrogens with one attached hydrogen (secondary N) is 3. The molecule has 16 heteroatoms. The number of nitrogens with zero attached hydrogens (tertiary/aromatic N) is 3. The fourth-order valence-electron chi connectivity index (χ4n) is 7.95. The molecule has 3 N–H and O–H groups in total. The highest BCUT2D eigenvalue weighted by molar-refractivity contribution is 7.91. The quantitative estimate of drug-likeness (QED) is 0.348. The first-order chi connectivity index (χ1) is 26.0. The molecule has 3 heterocycles. The van der Waals surface area contributed by atoms with Crippen molar-refractivity contribution in [1.29, 1.82) is 0 Å². The number of ether oxygens (including phenoxy) is 3. The van der Waals surface area contributed by atoms with Crippen molar-refractivity contribution in [2.45, 2.75) is 121 Å². The Morgan fingerprint density at radius 2 is 1.84 bits per heavy atom. The van der Waals surface area contributed by atoms with Crippen LogP contribution in [0.4, 0.5) is 4.79 Å². The fraction of sp³-hybridized carbons (Fsp3) is 0.641. The van der Waals surface area contributed by atoms with Crippen LogP contribution in [0.1, 0.15) is 84.8 Å². The van der Waals surface area contributed by atoms with Crippen LogP contribution in [0.3, 0.4) is 0 Å². The number of carbonyl (C=O) groups is 4. The highest BCUT2D eigenvalue weighted by Gasteiger charge is 2.62. The molecule has 2 bridgehead atoms. The van der Waals surface area contributed by atoms with E-state index in [1.807, 2.05) is 32.9 Å². The van der Waals surface area contributed by atoms with E-state index in [9.17, 15) is 27.6 Å². The molecule has 298 valence electrons. The molecule has 8 atom stereocenters. The summed E-state index contributed by atoms with van der Waals surface area (Å²) in [6.07, 6.45) is 5.84. The zero-order valence-electron chi connectivity index (χ0n) is 32.1. The van der Waals surface area contributed by atoms with Crippen LogP contribution in [0.2, 0.25) is 0 Å². The Morgan fingerprint density at radius 3 is 2.51 bits per heavy atom. The standard InChI is InChI=1S/C39H52N6O9S/c1-7-23-19-39(23,36(48)44-55(50,51)25-14-15-25)43-33(46)31-21(2)30-20-45(31)35(47)32(38(3,4)5)42-37(49)54-29-17-22(29)11-9-8-10-12-27-34(53-30)41-28-18-24(52-6)13-16-26(28)40-27/h7,13,16,18,21-23,25,29-32H,1,8-12,14-15,17,19-20H2,2-6H3,(H,42,49)(H,43,46)(H,44,48)/t21-,22?,23-,29-,30+,31+,32-,39-/m1/s1. The van der Waals surface area contributed by atoms with E-state index in [1.165, 1.54) is 11.0 Å². The van der Waals surface area contributed by atoms with Crippen LogP contribution < -0.4 is 24.8 Å². The van der Waals surface area contributed by atoms with E-state index >= 15 is 0 Å². The third-order valence-corrected chi connectivity index (χ3v) is 13.6. The van der Waals surface area contributed by atoms with Crippen molar-refractivity contribution >= 4 is 44.9 Å². The zero-order chi connectivity index (χ0) is 39.4. The lowest BCUT2D eigenvalue weighted by Gasteiger charge is -2.35. The van der Waals surface area contributed by atoms with E-state index in [1.54, 1.807) is 20.1 Å². The smallest absolute Gasteiger partial charge is 0.408 e. The molecule has 4 amide bonds. The Bertz CT molecular complexity index is 2000. The maximum Gasteiger partial charge on any atom is 0.408 e. The van der Waals surface area contributed by atoms with E-state index < -0.39 is 80.1 Å². The summed E-state index contributed by atoms with van der Waals surface area (Å²) in [5.74, 6) is -2.07. The second-order valence-corrected chi connectivity index (χ2v) is 18.9. The number of sulfonamides is 1. The van der Waals surface area contributed by atoms with Gasteiger partial charge in [0.15, 0.2) is 0 Å². The third-order valence-electron chi connectivity index (χ3n) is 11.7. The van der Waals surface area contributed by atoms with Crippen molar-refractivity contribution < 1.29 is 41.8 Å². The van der Waals surface area contributed by atoms with E-state index in [4.69, 9.17) is 24.2 Å². The second-order valence-electron chi connectivity index (χ2n) is 16.9. The summed E-state index contributed by atoms with van der Waals surface area (Å²) >= 11 is 0. The Morgan fingerprint density at radius 1 is 1.07 bits per heavy atom. The number of amides is 4. The summed E-state index contributed by atoms with van der Waals surface area (Å²) in [4.78, 5) is 67.4. The van der Waals surface area contributed by atoms with Crippen molar-refractivity contribution in [2.75, 3.05) is 13.7 Å². The van der Waals surface area contributed by atoms with Crippen LogP contribution in [0, 0.1) is 23.2 Å². The molecule has 0 spiro atoms. The van der Waals surface area contributed by atoms with E-state index in [0.717, 1.165) is 32.1 Å². The molecular formula is C39H52N6O9S. The Balaban J connectivity index is 1.24. The summed E-state index contributed by atoms with van der Waals surface area (Å²) in [6.45, 7) is 11.0. The summed E-state index contributed by atoms with van der Waals surface area (Å²) in [5, 5.41) is 5.00. The summed E-state index contributed by atoms with van der Waals surface area (Å²) in [5.41, 5.74) is -0.482. The number of aromatic nitrogens is 2. The summed E-state index contributed by atoms with van der Waals surface area (Å²) in [7, 11) is -2.34. The largest absolute Gasteiger partial charge is 0.497 e. The molecule has 2 aliphatic heterocycles. The van der Waals surface area contributed by atoms with Crippen molar-refractivity contribution in [1.82, 2.24) is 30.2 Å². The second kappa shape index (κ2) is 14.6. The molecule has 3 saturated carbocycles. The number of fused-ring (bicyclic) bond motifs is 5. The maximum atomic E-state index is 14.7. The van der Waals surface area contributed by atoms with Gasteiger partial charge < -0.3 is 29.7 Å². The van der Waals surface area contributed by atoms with E-state index in [-0.39, 0.29) is 25.0 Å². The molecule has 55 heavy (non-hydrogen) atoms. The molecule has 4 fully saturated rings. The van der Waals surface area contributed by atoms with Gasteiger partial charge in [-0.3, -0.25) is 19.1 Å². The Labute approximate surface area is 321 Å². The molecule has 1 saturated heterocycles. The minimum Gasteiger partial charge on any atom is -0.497 e. The lowest BCUT2D eigenvalue weighted by Crippen LogP contribution is -2.61. The van der Waals surface area contributed by atoms with Gasteiger partial charge in [-0.1, -0.05) is 46.6 Å². The number of hydrogen-bond acceptors (Lipinski definition) is 11. The molecule has 3 aliphatic carbocycles. The van der Waals surface area contributed by atoms with Crippen molar-refractivity contribution in [3.63, 3.8) is 0 Å². The van der Waals surface area contributed by atoms with Gasteiger partial charge in [-0.05, 0) is 68.4 Å². The number of alkyl carbamates (subject to hydrolysis) is 1. The monoisotopic (exact) mass is 780 g/mol. The van der Waals surface area contributed by atoms with Crippen molar-refractivity contribution in [2.24, 2.45) is 23.2 Å². The first-order valence-electron chi connectivity index (χ1n) is 19.3. The van der Waals surface area contributed by atoms with Crippen LogP contribution in [-0.2, 0) is 35.6 Å². The minimum atomic E-state index is -3.91. The highest BCUT2D eigenvalue weighted by Crippen LogP contribution is 2.46. The van der Waals surface area contributed by atoms with Crippen LogP contribution in [-0.4, -0.2) is 95.8 Å². The van der Waals surface area contributed by atoms with Crippen LogP contribution in [0.5, 0.6) is 11.6 Å². The molecule has 2 aromatic rings. The summed E-state index contributed by atoms with van der Waals surface area (Å²) < 4.78 is 45.6. The van der Waals surface area contributed by atoms with Crippen LogP contribution >= 0.6 is 0 Å². The number of rotatable bonds is 7. The zero-order valence-corrected chi connectivity index (χ0v) is 32.9.